The third-order valence-electron chi connectivity index (χ3n) is 5.31. The van der Waals surface area contributed by atoms with E-state index in [1.54, 1.807) is 0 Å². The summed E-state index contributed by atoms with van der Waals surface area (Å²) in [5.41, 5.74) is 4.17. The molecule has 1 saturated heterocycles. The number of hydrogen-bond acceptors (Lipinski definition) is 2. The lowest BCUT2D eigenvalue weighted by molar-refractivity contribution is 0.00557. The monoisotopic (exact) mass is 342 g/mol. The highest BCUT2D eigenvalue weighted by Crippen LogP contribution is 2.39. The third kappa shape index (κ3) is 4.04. The van der Waals surface area contributed by atoms with E-state index in [9.17, 15) is 0 Å². The minimum absolute atomic E-state index is 0.528. The molecule has 2 nitrogen and oxygen atoms in total. The molecule has 1 fully saturated rings. The molecule has 0 aliphatic carbocycles. The van der Waals surface area contributed by atoms with Crippen molar-refractivity contribution in [2.75, 3.05) is 6.54 Å². The lowest BCUT2D eigenvalue weighted by atomic mass is 9.86. The van der Waals surface area contributed by atoms with Gasteiger partial charge in [0.2, 0.25) is 0 Å². The first kappa shape index (κ1) is 17.0. The third-order valence-corrected chi connectivity index (χ3v) is 5.31. The average molecular weight is 342 g/mol. The largest absolute Gasteiger partial charge is 0.311 e. The quantitative estimate of drug-likeness (QED) is 0.664. The number of nitrogens with one attached hydrogen (secondary N) is 1. The van der Waals surface area contributed by atoms with Crippen molar-refractivity contribution in [2.24, 2.45) is 0 Å². The fourth-order valence-electron chi connectivity index (χ4n) is 3.86. The SMILES string of the molecule is c1ccc(CNC[C@@H]2C[C@H](c3ccccc3)N2Cc2ccccc2)cc1. The molecule has 3 aromatic carbocycles. The highest BCUT2D eigenvalue weighted by atomic mass is 15.3. The Hall–Kier alpha value is -2.42. The molecule has 0 amide bonds. The second-order valence-corrected chi connectivity index (χ2v) is 7.09. The molecule has 0 aromatic heterocycles. The van der Waals surface area contributed by atoms with Gasteiger partial charge in [0.1, 0.15) is 0 Å². The Labute approximate surface area is 156 Å². The Morgan fingerprint density at radius 2 is 1.31 bits per heavy atom. The van der Waals surface area contributed by atoms with Gasteiger partial charge in [0, 0.05) is 31.7 Å². The molecule has 0 bridgehead atoms. The number of hydrogen-bond donors (Lipinski definition) is 1. The molecule has 2 heteroatoms. The van der Waals surface area contributed by atoms with Crippen LogP contribution < -0.4 is 5.32 Å². The summed E-state index contributed by atoms with van der Waals surface area (Å²) < 4.78 is 0. The van der Waals surface area contributed by atoms with Crippen molar-refractivity contribution < 1.29 is 0 Å². The van der Waals surface area contributed by atoms with E-state index < -0.39 is 0 Å². The van der Waals surface area contributed by atoms with Gasteiger partial charge in [-0.2, -0.15) is 0 Å². The number of nitrogens with zero attached hydrogens (tertiary/aromatic N) is 1. The lowest BCUT2D eigenvalue weighted by Crippen LogP contribution is -2.53. The van der Waals surface area contributed by atoms with Crippen LogP contribution in [0.2, 0.25) is 0 Å². The molecule has 132 valence electrons. The van der Waals surface area contributed by atoms with Gasteiger partial charge < -0.3 is 5.32 Å². The van der Waals surface area contributed by atoms with Gasteiger partial charge >= 0.3 is 0 Å². The van der Waals surface area contributed by atoms with Crippen molar-refractivity contribution in [1.29, 1.82) is 0 Å². The molecule has 0 unspecified atom stereocenters. The summed E-state index contributed by atoms with van der Waals surface area (Å²) in [4.78, 5) is 2.64. The Morgan fingerprint density at radius 1 is 0.731 bits per heavy atom. The normalized spacial score (nSPS) is 19.8. The zero-order valence-corrected chi connectivity index (χ0v) is 15.1. The zero-order chi connectivity index (χ0) is 17.6. The summed E-state index contributed by atoms with van der Waals surface area (Å²) in [6.45, 7) is 2.98. The highest BCUT2D eigenvalue weighted by molar-refractivity contribution is 5.24. The van der Waals surface area contributed by atoms with Crippen LogP contribution in [-0.4, -0.2) is 17.5 Å². The Morgan fingerprint density at radius 3 is 1.96 bits per heavy atom. The van der Waals surface area contributed by atoms with Crippen LogP contribution in [0.15, 0.2) is 91.0 Å². The molecule has 0 saturated carbocycles. The van der Waals surface area contributed by atoms with Crippen LogP contribution >= 0.6 is 0 Å². The van der Waals surface area contributed by atoms with Crippen molar-refractivity contribution in [3.8, 4) is 0 Å². The van der Waals surface area contributed by atoms with E-state index in [2.05, 4.69) is 101 Å². The van der Waals surface area contributed by atoms with Crippen molar-refractivity contribution in [3.63, 3.8) is 0 Å². The van der Waals surface area contributed by atoms with E-state index in [-0.39, 0.29) is 0 Å². The standard InChI is InChI=1S/C24H26N2/c1-4-10-20(11-5-1)17-25-18-23-16-24(22-14-8-3-9-15-22)26(23)19-21-12-6-2-7-13-21/h1-15,23-25H,16-19H2/t23-,24+/m0/s1. The summed E-state index contributed by atoms with van der Waals surface area (Å²) in [6, 6.07) is 33.5. The second kappa shape index (κ2) is 8.31. The first-order valence-corrected chi connectivity index (χ1v) is 9.49. The summed E-state index contributed by atoms with van der Waals surface area (Å²) in [5, 5.41) is 3.65. The number of rotatable bonds is 7. The molecule has 2 atom stereocenters. The second-order valence-electron chi connectivity index (χ2n) is 7.09. The van der Waals surface area contributed by atoms with Gasteiger partial charge in [-0.1, -0.05) is 91.0 Å². The molecule has 4 rings (SSSR count). The fourth-order valence-corrected chi connectivity index (χ4v) is 3.86. The van der Waals surface area contributed by atoms with Crippen molar-refractivity contribution in [1.82, 2.24) is 10.2 Å². The van der Waals surface area contributed by atoms with Crippen LogP contribution in [0.3, 0.4) is 0 Å². The van der Waals surface area contributed by atoms with Crippen LogP contribution in [0.25, 0.3) is 0 Å². The van der Waals surface area contributed by atoms with Crippen molar-refractivity contribution in [2.45, 2.75) is 31.6 Å². The van der Waals surface area contributed by atoms with Gasteiger partial charge in [0.05, 0.1) is 0 Å². The molecule has 1 heterocycles. The lowest BCUT2D eigenvalue weighted by Gasteiger charge is -2.49. The summed E-state index contributed by atoms with van der Waals surface area (Å²) in [7, 11) is 0. The van der Waals surface area contributed by atoms with Crippen LogP contribution in [-0.2, 0) is 13.1 Å². The molecule has 26 heavy (non-hydrogen) atoms. The van der Waals surface area contributed by atoms with Crippen molar-refractivity contribution >= 4 is 0 Å². The van der Waals surface area contributed by atoms with Gasteiger partial charge in [-0.3, -0.25) is 4.90 Å². The summed E-state index contributed by atoms with van der Waals surface area (Å²) in [6.07, 6.45) is 1.22. The van der Waals surface area contributed by atoms with E-state index in [4.69, 9.17) is 0 Å². The Balaban J connectivity index is 1.40. The molecular weight excluding hydrogens is 316 g/mol. The van der Waals surface area contributed by atoms with Crippen LogP contribution in [0.1, 0.15) is 29.2 Å². The molecular formula is C24H26N2. The van der Waals surface area contributed by atoms with Gasteiger partial charge in [0.15, 0.2) is 0 Å². The maximum atomic E-state index is 3.65. The predicted octanol–water partition coefficient (Wildman–Crippen LogP) is 4.79. The van der Waals surface area contributed by atoms with Gasteiger partial charge in [-0.15, -0.1) is 0 Å². The zero-order valence-electron chi connectivity index (χ0n) is 15.1. The van der Waals surface area contributed by atoms with Gasteiger partial charge in [-0.25, -0.2) is 0 Å². The number of likely N-dealkylation sites (tertiary alicyclic amines) is 1. The van der Waals surface area contributed by atoms with E-state index in [0.717, 1.165) is 19.6 Å². The minimum atomic E-state index is 0.528. The average Bonchev–Trinajstić information content (AvgIpc) is 2.70. The molecule has 3 aromatic rings. The van der Waals surface area contributed by atoms with E-state index >= 15 is 0 Å². The first-order chi connectivity index (χ1) is 12.9. The van der Waals surface area contributed by atoms with Crippen LogP contribution in [0, 0.1) is 0 Å². The topological polar surface area (TPSA) is 15.3 Å². The smallest absolute Gasteiger partial charge is 0.0370 e. The van der Waals surface area contributed by atoms with Gasteiger partial charge in [-0.05, 0) is 23.1 Å². The molecule has 0 spiro atoms. The molecule has 0 radical (unpaired) electrons. The number of benzene rings is 3. The van der Waals surface area contributed by atoms with E-state index in [1.807, 2.05) is 0 Å². The van der Waals surface area contributed by atoms with Crippen molar-refractivity contribution in [3.05, 3.63) is 108 Å². The van der Waals surface area contributed by atoms with E-state index in [1.165, 1.54) is 23.1 Å². The van der Waals surface area contributed by atoms with Crippen LogP contribution in [0.4, 0.5) is 0 Å². The van der Waals surface area contributed by atoms with Gasteiger partial charge in [0.25, 0.3) is 0 Å². The summed E-state index contributed by atoms with van der Waals surface area (Å²) in [5.74, 6) is 0. The Bertz CT molecular complexity index is 786. The highest BCUT2D eigenvalue weighted by Gasteiger charge is 2.38. The Kier molecular flexibility index (Phi) is 5.44. The maximum absolute atomic E-state index is 3.65. The summed E-state index contributed by atoms with van der Waals surface area (Å²) >= 11 is 0. The molecule has 1 aliphatic rings. The minimum Gasteiger partial charge on any atom is -0.311 e. The van der Waals surface area contributed by atoms with E-state index in [0.29, 0.717) is 12.1 Å². The maximum Gasteiger partial charge on any atom is 0.0370 e. The first-order valence-electron chi connectivity index (χ1n) is 9.49. The van der Waals surface area contributed by atoms with Crippen LogP contribution in [0.5, 0.6) is 0 Å². The fraction of sp³-hybridized carbons (Fsp3) is 0.250. The molecule has 1 aliphatic heterocycles. The molecule has 1 N–H and O–H groups in total. The predicted molar refractivity (Wildman–Crippen MR) is 108 cm³/mol.